The number of nitrogens with zero attached hydrogens (tertiary/aromatic N) is 1. The summed E-state index contributed by atoms with van der Waals surface area (Å²) in [6.07, 6.45) is 7.26. The topological polar surface area (TPSA) is 57.7 Å². The number of methoxy groups -OCH3 is 2. The highest BCUT2D eigenvalue weighted by Gasteiger charge is 2.22. The molecule has 5 heteroatoms. The van der Waals surface area contributed by atoms with E-state index in [1.54, 1.807) is 20.4 Å². The summed E-state index contributed by atoms with van der Waals surface area (Å²) in [5.41, 5.74) is 6.18. The second-order valence-corrected chi connectivity index (χ2v) is 6.66. The highest BCUT2D eigenvalue weighted by atomic mass is 16.5. The van der Waals surface area contributed by atoms with Crippen molar-refractivity contribution < 1.29 is 19.0 Å². The van der Waals surface area contributed by atoms with Crippen LogP contribution in [0, 0.1) is 20.8 Å². The van der Waals surface area contributed by atoms with Crippen LogP contribution in [0.3, 0.4) is 0 Å². The summed E-state index contributed by atoms with van der Waals surface area (Å²) in [6.45, 7) is 7.96. The van der Waals surface area contributed by atoms with E-state index in [1.165, 1.54) is 6.92 Å². The molecule has 0 saturated heterocycles. The average molecular weight is 383 g/mol. The number of pyridine rings is 1. The third-order valence-electron chi connectivity index (χ3n) is 4.84. The van der Waals surface area contributed by atoms with Gasteiger partial charge in [-0.2, -0.15) is 0 Å². The normalized spacial score (nSPS) is 11.3. The molecule has 1 aromatic heterocycles. The van der Waals surface area contributed by atoms with E-state index in [-0.39, 0.29) is 5.97 Å². The third kappa shape index (κ3) is 4.71. The number of hydrogen-bond acceptors (Lipinski definition) is 5. The summed E-state index contributed by atoms with van der Waals surface area (Å²) >= 11 is 0. The molecule has 150 valence electrons. The van der Waals surface area contributed by atoms with Crippen LogP contribution in [0.5, 0.6) is 11.5 Å². The SMILES string of the molecule is COc1c(C)c(C)c(OC)c(/C(=C/CCCOC(C)=O)c2cccnc2)c1C. The quantitative estimate of drug-likeness (QED) is 0.484. The Morgan fingerprint density at radius 3 is 2.32 bits per heavy atom. The van der Waals surface area contributed by atoms with E-state index < -0.39 is 0 Å². The van der Waals surface area contributed by atoms with Gasteiger partial charge in [0.15, 0.2) is 0 Å². The summed E-state index contributed by atoms with van der Waals surface area (Å²) in [5, 5.41) is 0. The first kappa shape index (κ1) is 21.5. The van der Waals surface area contributed by atoms with E-state index in [0.29, 0.717) is 6.61 Å². The molecule has 28 heavy (non-hydrogen) atoms. The van der Waals surface area contributed by atoms with Gasteiger partial charge in [-0.3, -0.25) is 9.78 Å². The van der Waals surface area contributed by atoms with Gasteiger partial charge in [-0.05, 0) is 56.4 Å². The van der Waals surface area contributed by atoms with Crippen LogP contribution in [0.15, 0.2) is 30.6 Å². The monoisotopic (exact) mass is 383 g/mol. The van der Waals surface area contributed by atoms with Gasteiger partial charge in [0.1, 0.15) is 11.5 Å². The first-order chi connectivity index (χ1) is 13.4. The van der Waals surface area contributed by atoms with Crippen molar-refractivity contribution >= 4 is 11.5 Å². The second kappa shape index (κ2) is 9.93. The van der Waals surface area contributed by atoms with Crippen molar-refractivity contribution in [2.75, 3.05) is 20.8 Å². The molecule has 2 aromatic rings. The second-order valence-electron chi connectivity index (χ2n) is 6.66. The fourth-order valence-corrected chi connectivity index (χ4v) is 3.41. The molecule has 0 saturated carbocycles. The molecular weight excluding hydrogens is 354 g/mol. The molecule has 2 rings (SSSR count). The lowest BCUT2D eigenvalue weighted by Crippen LogP contribution is -2.05. The summed E-state index contributed by atoms with van der Waals surface area (Å²) in [7, 11) is 3.39. The summed E-state index contributed by atoms with van der Waals surface area (Å²) < 4.78 is 16.6. The highest BCUT2D eigenvalue weighted by molar-refractivity contribution is 5.86. The maximum absolute atomic E-state index is 11.0. The van der Waals surface area contributed by atoms with Crippen LogP contribution < -0.4 is 9.47 Å². The Hall–Kier alpha value is -2.82. The van der Waals surface area contributed by atoms with E-state index in [2.05, 4.69) is 11.1 Å². The molecule has 1 heterocycles. The third-order valence-corrected chi connectivity index (χ3v) is 4.84. The molecule has 0 aliphatic carbocycles. The van der Waals surface area contributed by atoms with Gasteiger partial charge in [0.25, 0.3) is 0 Å². The Labute approximate surface area is 167 Å². The Morgan fingerprint density at radius 2 is 1.75 bits per heavy atom. The van der Waals surface area contributed by atoms with Crippen molar-refractivity contribution in [3.8, 4) is 11.5 Å². The molecule has 0 N–H and O–H groups in total. The van der Waals surface area contributed by atoms with Crippen LogP contribution in [0.2, 0.25) is 0 Å². The zero-order valence-corrected chi connectivity index (χ0v) is 17.6. The molecule has 5 nitrogen and oxygen atoms in total. The number of aromatic nitrogens is 1. The smallest absolute Gasteiger partial charge is 0.302 e. The summed E-state index contributed by atoms with van der Waals surface area (Å²) in [6, 6.07) is 3.95. The number of unbranched alkanes of at least 4 members (excludes halogenated alkanes) is 1. The zero-order chi connectivity index (χ0) is 20.7. The first-order valence-corrected chi connectivity index (χ1v) is 9.38. The van der Waals surface area contributed by atoms with Crippen LogP contribution in [0.1, 0.15) is 47.6 Å². The standard InChI is InChI=1S/C23H29NO4/c1-15-16(2)23(27-6)21(17(3)22(15)26-5)20(19-10-9-12-24-14-19)11-7-8-13-28-18(4)25/h9-12,14H,7-8,13H2,1-6H3/b20-11+. The molecule has 0 aliphatic rings. The Balaban J connectivity index is 2.58. The zero-order valence-electron chi connectivity index (χ0n) is 17.6. The number of hydrogen-bond donors (Lipinski definition) is 0. The number of esters is 1. The van der Waals surface area contributed by atoms with E-state index in [1.807, 2.05) is 39.1 Å². The molecule has 0 unspecified atom stereocenters. The number of rotatable bonds is 8. The summed E-state index contributed by atoms with van der Waals surface area (Å²) in [5.74, 6) is 1.45. The molecular formula is C23H29NO4. The van der Waals surface area contributed by atoms with Crippen molar-refractivity contribution in [3.05, 3.63) is 58.4 Å². The van der Waals surface area contributed by atoms with Crippen LogP contribution >= 0.6 is 0 Å². The van der Waals surface area contributed by atoms with Crippen molar-refractivity contribution in [2.24, 2.45) is 0 Å². The molecule has 0 atom stereocenters. The van der Waals surface area contributed by atoms with Crippen molar-refractivity contribution in [3.63, 3.8) is 0 Å². The average Bonchev–Trinajstić information content (AvgIpc) is 2.69. The number of carbonyl (C=O) groups is 1. The van der Waals surface area contributed by atoms with Gasteiger partial charge in [-0.15, -0.1) is 0 Å². The molecule has 1 aromatic carbocycles. The van der Waals surface area contributed by atoms with Crippen LogP contribution in [-0.4, -0.2) is 31.8 Å². The molecule has 0 radical (unpaired) electrons. The lowest BCUT2D eigenvalue weighted by Gasteiger charge is -2.22. The predicted molar refractivity (Wildman–Crippen MR) is 111 cm³/mol. The minimum absolute atomic E-state index is 0.257. The molecule has 0 fully saturated rings. The van der Waals surface area contributed by atoms with E-state index in [9.17, 15) is 4.79 Å². The minimum atomic E-state index is -0.257. The van der Waals surface area contributed by atoms with E-state index in [4.69, 9.17) is 14.2 Å². The number of benzene rings is 1. The highest BCUT2D eigenvalue weighted by Crippen LogP contribution is 2.43. The van der Waals surface area contributed by atoms with Gasteiger partial charge < -0.3 is 14.2 Å². The lowest BCUT2D eigenvalue weighted by atomic mass is 9.89. The fourth-order valence-electron chi connectivity index (χ4n) is 3.41. The molecule has 0 amide bonds. The number of allylic oxidation sites excluding steroid dienone is 1. The van der Waals surface area contributed by atoms with Crippen LogP contribution in [0.4, 0.5) is 0 Å². The van der Waals surface area contributed by atoms with Crippen molar-refractivity contribution in [1.82, 2.24) is 4.98 Å². The maximum Gasteiger partial charge on any atom is 0.302 e. The van der Waals surface area contributed by atoms with Crippen LogP contribution in [0.25, 0.3) is 5.57 Å². The predicted octanol–water partition coefficient (Wildman–Crippen LogP) is 4.80. The van der Waals surface area contributed by atoms with E-state index >= 15 is 0 Å². The van der Waals surface area contributed by atoms with Gasteiger partial charge in [-0.25, -0.2) is 0 Å². The van der Waals surface area contributed by atoms with Crippen molar-refractivity contribution in [2.45, 2.75) is 40.5 Å². The van der Waals surface area contributed by atoms with Gasteiger partial charge >= 0.3 is 5.97 Å². The number of carbonyl (C=O) groups excluding carboxylic acids is 1. The lowest BCUT2D eigenvalue weighted by molar-refractivity contribution is -0.141. The van der Waals surface area contributed by atoms with Gasteiger partial charge in [0.05, 0.1) is 20.8 Å². The molecule has 0 bridgehead atoms. The van der Waals surface area contributed by atoms with E-state index in [0.717, 1.165) is 57.7 Å². The fraction of sp³-hybridized carbons (Fsp3) is 0.391. The van der Waals surface area contributed by atoms with Gasteiger partial charge in [0.2, 0.25) is 0 Å². The van der Waals surface area contributed by atoms with Gasteiger partial charge in [0, 0.05) is 36.0 Å². The largest absolute Gasteiger partial charge is 0.496 e. The first-order valence-electron chi connectivity index (χ1n) is 9.38. The van der Waals surface area contributed by atoms with Crippen LogP contribution in [-0.2, 0) is 9.53 Å². The Kier molecular flexibility index (Phi) is 7.61. The van der Waals surface area contributed by atoms with Crippen molar-refractivity contribution in [1.29, 1.82) is 0 Å². The van der Waals surface area contributed by atoms with Gasteiger partial charge in [-0.1, -0.05) is 12.1 Å². The molecule has 0 aliphatic heterocycles. The molecule has 0 spiro atoms. The Bertz CT molecular complexity index is 857. The Morgan fingerprint density at radius 1 is 1.07 bits per heavy atom. The number of ether oxygens (including phenoxy) is 3. The minimum Gasteiger partial charge on any atom is -0.496 e. The maximum atomic E-state index is 11.0. The summed E-state index contributed by atoms with van der Waals surface area (Å²) in [4.78, 5) is 15.3.